The lowest BCUT2D eigenvalue weighted by Crippen LogP contribution is -2.39. The van der Waals surface area contributed by atoms with Gasteiger partial charge in [0.1, 0.15) is 5.82 Å². The molecule has 0 radical (unpaired) electrons. The van der Waals surface area contributed by atoms with E-state index in [2.05, 4.69) is 44.7 Å². The van der Waals surface area contributed by atoms with Crippen molar-refractivity contribution in [2.45, 2.75) is 46.1 Å². The summed E-state index contributed by atoms with van der Waals surface area (Å²) in [4.78, 5) is 8.67. The Balaban J connectivity index is 0.00000312. The van der Waals surface area contributed by atoms with Crippen LogP contribution >= 0.6 is 24.0 Å². The lowest BCUT2D eigenvalue weighted by Gasteiger charge is -2.17. The standard InChI is InChI=1S/C17H28N6O.HI/c1-4-6-8-13(5-2)11-19-17(18-3)20-12-15-21-16(23-22-15)14-9-7-10-24-14;/h7,9-10,13H,4-6,8,11-12H2,1-3H3,(H2,18,19,20)(H,21,22,23);1H. The van der Waals surface area contributed by atoms with Crippen molar-refractivity contribution in [1.82, 2.24) is 25.8 Å². The minimum absolute atomic E-state index is 0. The first kappa shape index (κ1) is 21.5. The van der Waals surface area contributed by atoms with Crippen molar-refractivity contribution in [3.63, 3.8) is 0 Å². The highest BCUT2D eigenvalue weighted by atomic mass is 127. The van der Waals surface area contributed by atoms with Gasteiger partial charge in [-0.3, -0.25) is 10.1 Å². The Morgan fingerprint density at radius 1 is 1.36 bits per heavy atom. The number of guanidine groups is 1. The monoisotopic (exact) mass is 460 g/mol. The zero-order chi connectivity index (χ0) is 17.2. The van der Waals surface area contributed by atoms with Gasteiger partial charge in [0.25, 0.3) is 0 Å². The maximum absolute atomic E-state index is 5.29. The Morgan fingerprint density at radius 2 is 2.20 bits per heavy atom. The third-order valence-electron chi connectivity index (χ3n) is 4.02. The van der Waals surface area contributed by atoms with E-state index in [9.17, 15) is 0 Å². The molecule has 3 N–H and O–H groups in total. The number of rotatable bonds is 9. The fraction of sp³-hybridized carbons (Fsp3) is 0.588. The van der Waals surface area contributed by atoms with Gasteiger partial charge in [0.2, 0.25) is 5.82 Å². The van der Waals surface area contributed by atoms with Crippen LogP contribution in [-0.4, -0.2) is 34.7 Å². The fourth-order valence-electron chi connectivity index (χ4n) is 2.46. The van der Waals surface area contributed by atoms with Gasteiger partial charge in [-0.05, 0) is 24.5 Å². The smallest absolute Gasteiger partial charge is 0.216 e. The maximum atomic E-state index is 5.29. The van der Waals surface area contributed by atoms with E-state index in [4.69, 9.17) is 4.42 Å². The summed E-state index contributed by atoms with van der Waals surface area (Å²) in [6, 6.07) is 3.65. The van der Waals surface area contributed by atoms with E-state index in [1.165, 1.54) is 25.7 Å². The van der Waals surface area contributed by atoms with Crippen molar-refractivity contribution in [1.29, 1.82) is 0 Å². The third-order valence-corrected chi connectivity index (χ3v) is 4.02. The molecule has 0 saturated heterocycles. The first-order chi connectivity index (χ1) is 11.8. The third kappa shape index (κ3) is 7.05. The molecule has 0 aliphatic heterocycles. The molecule has 8 heteroatoms. The molecule has 0 aromatic carbocycles. The van der Waals surface area contributed by atoms with Crippen LogP contribution in [0.25, 0.3) is 11.6 Å². The van der Waals surface area contributed by atoms with Gasteiger partial charge in [-0.15, -0.1) is 29.1 Å². The van der Waals surface area contributed by atoms with Crippen LogP contribution in [0, 0.1) is 5.92 Å². The van der Waals surface area contributed by atoms with Crippen molar-refractivity contribution in [2.75, 3.05) is 13.6 Å². The molecule has 0 spiro atoms. The van der Waals surface area contributed by atoms with Crippen LogP contribution in [-0.2, 0) is 6.54 Å². The molecule has 0 saturated carbocycles. The quantitative estimate of drug-likeness (QED) is 0.303. The van der Waals surface area contributed by atoms with Crippen molar-refractivity contribution < 1.29 is 4.42 Å². The summed E-state index contributed by atoms with van der Waals surface area (Å²) in [5.41, 5.74) is 0. The Morgan fingerprint density at radius 3 is 2.84 bits per heavy atom. The number of H-pyrrole nitrogens is 1. The second-order valence-electron chi connectivity index (χ2n) is 5.81. The second-order valence-corrected chi connectivity index (χ2v) is 5.81. The number of furan rings is 1. The maximum Gasteiger partial charge on any atom is 0.216 e. The molecule has 25 heavy (non-hydrogen) atoms. The molecule has 7 nitrogen and oxygen atoms in total. The molecule has 2 aromatic heterocycles. The predicted octanol–water partition coefficient (Wildman–Crippen LogP) is 3.56. The average Bonchev–Trinajstić information content (AvgIpc) is 3.28. The largest absolute Gasteiger partial charge is 0.461 e. The van der Waals surface area contributed by atoms with Crippen LogP contribution < -0.4 is 10.6 Å². The molecule has 0 bridgehead atoms. The Kier molecular flexibility index (Phi) is 10.2. The van der Waals surface area contributed by atoms with E-state index >= 15 is 0 Å². The van der Waals surface area contributed by atoms with Crippen LogP contribution in [0.3, 0.4) is 0 Å². The predicted molar refractivity (Wildman–Crippen MR) is 111 cm³/mol. The fourth-order valence-corrected chi connectivity index (χ4v) is 2.46. The number of hydrogen-bond acceptors (Lipinski definition) is 4. The van der Waals surface area contributed by atoms with Gasteiger partial charge in [0.15, 0.2) is 11.7 Å². The van der Waals surface area contributed by atoms with Crippen LogP contribution in [0.5, 0.6) is 0 Å². The summed E-state index contributed by atoms with van der Waals surface area (Å²) in [6.45, 7) is 5.93. The normalized spacial score (nSPS) is 12.5. The summed E-state index contributed by atoms with van der Waals surface area (Å²) in [5.74, 6) is 3.41. The van der Waals surface area contributed by atoms with E-state index in [0.29, 0.717) is 24.0 Å². The zero-order valence-corrected chi connectivity index (χ0v) is 17.5. The minimum Gasteiger partial charge on any atom is -0.461 e. The SMILES string of the molecule is CCCCC(CC)CNC(=NC)NCc1nc(-c2ccco2)n[nH]1.I. The molecule has 2 heterocycles. The van der Waals surface area contributed by atoms with E-state index in [0.717, 1.165) is 18.3 Å². The second kappa shape index (κ2) is 11.9. The molecule has 1 atom stereocenters. The number of nitrogens with zero attached hydrogens (tertiary/aromatic N) is 3. The zero-order valence-electron chi connectivity index (χ0n) is 15.2. The van der Waals surface area contributed by atoms with Gasteiger partial charge in [-0.2, -0.15) is 0 Å². The molecular weight excluding hydrogens is 431 g/mol. The van der Waals surface area contributed by atoms with Crippen LogP contribution in [0.4, 0.5) is 0 Å². The highest BCUT2D eigenvalue weighted by Gasteiger charge is 2.10. The molecule has 0 fully saturated rings. The summed E-state index contributed by atoms with van der Waals surface area (Å²) < 4.78 is 5.29. The molecule has 0 aliphatic carbocycles. The number of aliphatic imine (C=N–C) groups is 1. The van der Waals surface area contributed by atoms with Gasteiger partial charge in [-0.25, -0.2) is 4.98 Å². The summed E-state index contributed by atoms with van der Waals surface area (Å²) in [7, 11) is 1.77. The summed E-state index contributed by atoms with van der Waals surface area (Å²) in [6.07, 6.45) is 6.56. The van der Waals surface area contributed by atoms with E-state index in [1.54, 1.807) is 13.3 Å². The molecule has 2 rings (SSSR count). The minimum atomic E-state index is 0. The summed E-state index contributed by atoms with van der Waals surface area (Å²) in [5, 5.41) is 13.7. The molecule has 1 unspecified atom stereocenters. The molecular formula is C17H29IN6O. The van der Waals surface area contributed by atoms with Crippen LogP contribution in [0.15, 0.2) is 27.8 Å². The van der Waals surface area contributed by atoms with Crippen LogP contribution in [0.1, 0.15) is 45.4 Å². The first-order valence-corrected chi connectivity index (χ1v) is 8.66. The van der Waals surface area contributed by atoms with Gasteiger partial charge >= 0.3 is 0 Å². The Labute approximate surface area is 166 Å². The van der Waals surface area contributed by atoms with Crippen molar-refractivity contribution in [3.05, 3.63) is 24.2 Å². The number of aromatic nitrogens is 3. The number of halogens is 1. The topological polar surface area (TPSA) is 91.1 Å². The van der Waals surface area contributed by atoms with Crippen molar-refractivity contribution in [2.24, 2.45) is 10.9 Å². The number of hydrogen-bond donors (Lipinski definition) is 3. The highest BCUT2D eigenvalue weighted by Crippen LogP contribution is 2.14. The number of aromatic amines is 1. The molecule has 0 amide bonds. The first-order valence-electron chi connectivity index (χ1n) is 8.66. The van der Waals surface area contributed by atoms with Gasteiger partial charge < -0.3 is 15.1 Å². The Bertz CT molecular complexity index is 610. The average molecular weight is 460 g/mol. The van der Waals surface area contributed by atoms with Crippen LogP contribution in [0.2, 0.25) is 0 Å². The Hall–Kier alpha value is -1.58. The molecule has 140 valence electrons. The summed E-state index contributed by atoms with van der Waals surface area (Å²) >= 11 is 0. The van der Waals surface area contributed by atoms with E-state index in [-0.39, 0.29) is 24.0 Å². The number of nitrogens with one attached hydrogen (secondary N) is 3. The van der Waals surface area contributed by atoms with Crippen molar-refractivity contribution in [3.8, 4) is 11.6 Å². The lowest BCUT2D eigenvalue weighted by molar-refractivity contribution is 0.443. The van der Waals surface area contributed by atoms with Crippen molar-refractivity contribution >= 4 is 29.9 Å². The lowest BCUT2D eigenvalue weighted by atomic mass is 9.99. The van der Waals surface area contributed by atoms with Gasteiger partial charge in [0, 0.05) is 13.6 Å². The van der Waals surface area contributed by atoms with Gasteiger partial charge in [-0.1, -0.05) is 33.1 Å². The molecule has 2 aromatic rings. The number of unbranched alkanes of at least 4 members (excludes halogenated alkanes) is 1. The van der Waals surface area contributed by atoms with E-state index < -0.39 is 0 Å². The highest BCUT2D eigenvalue weighted by molar-refractivity contribution is 14.0. The molecule has 0 aliphatic rings. The van der Waals surface area contributed by atoms with E-state index in [1.807, 2.05) is 12.1 Å². The van der Waals surface area contributed by atoms with Gasteiger partial charge in [0.05, 0.1) is 12.8 Å².